The van der Waals surface area contributed by atoms with Crippen molar-refractivity contribution in [2.45, 2.75) is 31.8 Å². The summed E-state index contributed by atoms with van der Waals surface area (Å²) in [7, 11) is 0. The van der Waals surface area contributed by atoms with Gasteiger partial charge in [-0.15, -0.1) is 13.2 Å². The van der Waals surface area contributed by atoms with Crippen LogP contribution in [0.5, 0.6) is 5.75 Å². The lowest BCUT2D eigenvalue weighted by Crippen LogP contribution is -2.46. The number of benzene rings is 2. The van der Waals surface area contributed by atoms with Crippen LogP contribution in [0.1, 0.15) is 39.3 Å². The summed E-state index contributed by atoms with van der Waals surface area (Å²) in [5, 5.41) is 8.86. The number of aromatic nitrogens is 2. The Morgan fingerprint density at radius 2 is 1.92 bits per heavy atom. The summed E-state index contributed by atoms with van der Waals surface area (Å²) >= 11 is 0. The van der Waals surface area contributed by atoms with Crippen LogP contribution in [0, 0.1) is 0 Å². The second kappa shape index (κ2) is 11.2. The average molecular weight is 515 g/mol. The number of nitrogen functional groups attached to an aromatic ring is 1. The predicted octanol–water partition coefficient (Wildman–Crippen LogP) is 3.04. The molecule has 0 bridgehead atoms. The van der Waals surface area contributed by atoms with Gasteiger partial charge in [0.2, 0.25) is 0 Å². The average Bonchev–Trinajstić information content (AvgIpc) is 2.88. The highest BCUT2D eigenvalue weighted by Crippen LogP contribution is 2.23. The van der Waals surface area contributed by atoms with Crippen molar-refractivity contribution in [3.8, 4) is 17.0 Å². The number of carbonyl (C=O) groups is 2. The maximum absolute atomic E-state index is 12.8. The number of piperidine rings is 1. The number of nitrogens with one attached hydrogen (secondary N) is 3. The van der Waals surface area contributed by atoms with Crippen LogP contribution in [0.3, 0.4) is 0 Å². The van der Waals surface area contributed by atoms with Gasteiger partial charge < -0.3 is 26.4 Å². The number of hydrogen-bond acceptors (Lipinski definition) is 7. The molecule has 1 fully saturated rings. The van der Waals surface area contributed by atoms with Gasteiger partial charge in [-0.2, -0.15) is 0 Å². The number of alkyl halides is 3. The zero-order valence-electron chi connectivity index (χ0n) is 19.6. The highest BCUT2D eigenvalue weighted by molar-refractivity contribution is 5.97. The van der Waals surface area contributed by atoms with Gasteiger partial charge in [0.15, 0.2) is 11.5 Å². The molecule has 0 radical (unpaired) electrons. The molecule has 1 unspecified atom stereocenters. The van der Waals surface area contributed by atoms with Crippen molar-refractivity contribution >= 4 is 17.6 Å². The fourth-order valence-electron chi connectivity index (χ4n) is 3.85. The van der Waals surface area contributed by atoms with Crippen LogP contribution in [0.2, 0.25) is 0 Å². The molecule has 5 N–H and O–H groups in total. The first-order valence-corrected chi connectivity index (χ1v) is 11.6. The van der Waals surface area contributed by atoms with Gasteiger partial charge in [0.05, 0.1) is 11.9 Å². The van der Waals surface area contributed by atoms with Gasteiger partial charge in [-0.25, -0.2) is 9.97 Å². The van der Waals surface area contributed by atoms with Gasteiger partial charge in [0.1, 0.15) is 5.75 Å². The third-order valence-corrected chi connectivity index (χ3v) is 5.68. The summed E-state index contributed by atoms with van der Waals surface area (Å²) in [5.41, 5.74) is 7.76. The van der Waals surface area contributed by atoms with Crippen molar-refractivity contribution in [3.05, 3.63) is 71.5 Å². The smallest absolute Gasteiger partial charge is 0.406 e. The zero-order valence-corrected chi connectivity index (χ0v) is 19.6. The number of halogens is 3. The largest absolute Gasteiger partial charge is 0.573 e. The molecule has 2 heterocycles. The number of rotatable bonds is 7. The topological polar surface area (TPSA) is 131 Å². The molecule has 1 atom stereocenters. The van der Waals surface area contributed by atoms with E-state index >= 15 is 0 Å². The maximum Gasteiger partial charge on any atom is 0.573 e. The van der Waals surface area contributed by atoms with Crippen LogP contribution in [-0.4, -0.2) is 47.3 Å². The number of amides is 2. The van der Waals surface area contributed by atoms with Gasteiger partial charge >= 0.3 is 6.36 Å². The van der Waals surface area contributed by atoms with Crippen molar-refractivity contribution in [2.75, 3.05) is 18.8 Å². The van der Waals surface area contributed by atoms with E-state index in [2.05, 4.69) is 30.7 Å². The summed E-state index contributed by atoms with van der Waals surface area (Å²) in [4.78, 5) is 33.9. The Labute approximate surface area is 210 Å². The fraction of sp³-hybridized carbons (Fsp3) is 0.280. The Morgan fingerprint density at radius 3 is 2.62 bits per heavy atom. The Kier molecular flexibility index (Phi) is 7.87. The molecule has 3 aromatic rings. The molecular weight excluding hydrogens is 489 g/mol. The van der Waals surface area contributed by atoms with Crippen LogP contribution in [-0.2, 0) is 6.54 Å². The number of nitrogens with two attached hydrogens (primary N) is 1. The van der Waals surface area contributed by atoms with E-state index in [0.29, 0.717) is 28.9 Å². The highest BCUT2D eigenvalue weighted by Gasteiger charge is 2.31. The summed E-state index contributed by atoms with van der Waals surface area (Å²) < 4.78 is 40.7. The third kappa shape index (κ3) is 7.17. The van der Waals surface area contributed by atoms with E-state index in [9.17, 15) is 22.8 Å². The summed E-state index contributed by atoms with van der Waals surface area (Å²) in [6.07, 6.45) is -1.53. The molecule has 2 aromatic carbocycles. The van der Waals surface area contributed by atoms with E-state index in [0.717, 1.165) is 19.4 Å². The molecule has 0 saturated carbocycles. The molecule has 2 amide bonds. The molecule has 0 spiro atoms. The van der Waals surface area contributed by atoms with E-state index in [-0.39, 0.29) is 29.8 Å². The Hall–Kier alpha value is -4.19. The number of anilines is 1. The SMILES string of the molecule is Nc1ncc(-c2cccc(C(=O)NCc3ccc(OC(F)(F)F)cc3)c2)nc1C(=O)NC1CCCNC1. The lowest BCUT2D eigenvalue weighted by atomic mass is 10.1. The molecule has 4 rings (SSSR count). The van der Waals surface area contributed by atoms with E-state index in [1.165, 1.54) is 30.5 Å². The number of hydrogen-bond donors (Lipinski definition) is 4. The lowest BCUT2D eigenvalue weighted by molar-refractivity contribution is -0.274. The Bertz CT molecular complexity index is 1260. The third-order valence-electron chi connectivity index (χ3n) is 5.68. The van der Waals surface area contributed by atoms with E-state index < -0.39 is 18.2 Å². The molecule has 1 aromatic heterocycles. The summed E-state index contributed by atoms with van der Waals surface area (Å²) in [6.45, 7) is 1.68. The number of carbonyl (C=O) groups excluding carboxylic acids is 2. The van der Waals surface area contributed by atoms with E-state index in [4.69, 9.17) is 5.73 Å². The first kappa shape index (κ1) is 25.9. The molecule has 1 saturated heterocycles. The van der Waals surface area contributed by atoms with Crippen molar-refractivity contribution in [1.29, 1.82) is 0 Å². The van der Waals surface area contributed by atoms with Crippen LogP contribution in [0.4, 0.5) is 19.0 Å². The number of ether oxygens (including phenoxy) is 1. The molecule has 1 aliphatic heterocycles. The fourth-order valence-corrected chi connectivity index (χ4v) is 3.85. The Morgan fingerprint density at radius 1 is 1.14 bits per heavy atom. The minimum Gasteiger partial charge on any atom is -0.406 e. The standard InChI is InChI=1S/C25H25F3N6O3/c26-25(27,28)37-19-8-6-15(7-9-19)12-32-23(35)17-4-1-3-16(11-17)20-14-31-22(29)21(34-20)24(36)33-18-5-2-10-30-13-18/h1,3-4,6-9,11,14,18,30H,2,5,10,12-13H2,(H2,29,31)(H,32,35)(H,33,36). The van der Waals surface area contributed by atoms with Crippen molar-refractivity contribution < 1.29 is 27.5 Å². The zero-order chi connectivity index (χ0) is 26.4. The molecular formula is C25H25F3N6O3. The second-order valence-electron chi connectivity index (χ2n) is 8.46. The normalized spacial score (nSPS) is 15.6. The monoisotopic (exact) mass is 514 g/mol. The summed E-state index contributed by atoms with van der Waals surface area (Å²) in [5.74, 6) is -1.15. The van der Waals surface area contributed by atoms with Gasteiger partial charge in [-0.1, -0.05) is 24.3 Å². The maximum atomic E-state index is 12.8. The van der Waals surface area contributed by atoms with Gasteiger partial charge in [0.25, 0.3) is 11.8 Å². The molecule has 9 nitrogen and oxygen atoms in total. The minimum absolute atomic E-state index is 0.00516. The van der Waals surface area contributed by atoms with Gasteiger partial charge in [-0.05, 0) is 49.2 Å². The van der Waals surface area contributed by atoms with Crippen LogP contribution >= 0.6 is 0 Å². The first-order chi connectivity index (χ1) is 17.7. The molecule has 0 aliphatic carbocycles. The van der Waals surface area contributed by atoms with Crippen molar-refractivity contribution in [3.63, 3.8) is 0 Å². The summed E-state index contributed by atoms with van der Waals surface area (Å²) in [6, 6.07) is 11.8. The molecule has 1 aliphatic rings. The van der Waals surface area contributed by atoms with Gasteiger partial charge in [0, 0.05) is 30.3 Å². The van der Waals surface area contributed by atoms with Gasteiger partial charge in [-0.3, -0.25) is 9.59 Å². The highest BCUT2D eigenvalue weighted by atomic mass is 19.4. The van der Waals surface area contributed by atoms with Crippen molar-refractivity contribution in [1.82, 2.24) is 25.9 Å². The first-order valence-electron chi connectivity index (χ1n) is 11.6. The van der Waals surface area contributed by atoms with Crippen LogP contribution in [0.25, 0.3) is 11.3 Å². The van der Waals surface area contributed by atoms with E-state index in [1.807, 2.05) is 0 Å². The van der Waals surface area contributed by atoms with E-state index in [1.54, 1.807) is 24.3 Å². The molecule has 37 heavy (non-hydrogen) atoms. The lowest BCUT2D eigenvalue weighted by Gasteiger charge is -2.23. The number of nitrogens with zero attached hydrogens (tertiary/aromatic N) is 2. The quantitative estimate of drug-likeness (QED) is 0.381. The van der Waals surface area contributed by atoms with Crippen molar-refractivity contribution in [2.24, 2.45) is 0 Å². The van der Waals surface area contributed by atoms with Crippen LogP contribution < -0.4 is 26.4 Å². The molecule has 12 heteroatoms. The second-order valence-corrected chi connectivity index (χ2v) is 8.46. The molecule has 194 valence electrons. The predicted molar refractivity (Wildman–Crippen MR) is 130 cm³/mol. The van der Waals surface area contributed by atoms with Crippen LogP contribution in [0.15, 0.2) is 54.7 Å². The Balaban J connectivity index is 1.42. The minimum atomic E-state index is -4.77.